The molecule has 7 heteroatoms. The molecule has 3 heterocycles. The second kappa shape index (κ2) is 5.57. The zero-order valence-electron chi connectivity index (χ0n) is 13.4. The Labute approximate surface area is 133 Å². The van der Waals surface area contributed by atoms with Gasteiger partial charge in [-0.05, 0) is 31.7 Å². The van der Waals surface area contributed by atoms with E-state index in [4.69, 9.17) is 4.74 Å². The zero-order valence-corrected chi connectivity index (χ0v) is 14.2. The Hall–Kier alpha value is -2.15. The van der Waals surface area contributed by atoms with E-state index in [0.29, 0.717) is 6.54 Å². The van der Waals surface area contributed by atoms with Gasteiger partial charge in [-0.2, -0.15) is 5.10 Å². The summed E-state index contributed by atoms with van der Waals surface area (Å²) in [4.78, 5) is 10.1. The second-order valence-corrected chi connectivity index (χ2v) is 6.13. The monoisotopic (exact) mass is 317 g/mol. The Morgan fingerprint density at radius 2 is 2.05 bits per heavy atom. The molecule has 6 nitrogen and oxygen atoms in total. The number of fused-ring (bicyclic) bond motifs is 1. The first kappa shape index (κ1) is 14.8. The molecule has 0 aliphatic carbocycles. The van der Waals surface area contributed by atoms with E-state index in [9.17, 15) is 0 Å². The standard InChI is InChI=1S/C15H19N5OS/c1-8-7-22-14-12(8)13(17-10(3)18-14)16-6-11-9(2)19-20(4)15(11)21-5/h7H,6H2,1-5H3,(H,16,17,18). The van der Waals surface area contributed by atoms with Crippen molar-refractivity contribution in [3.05, 3.63) is 28.0 Å². The highest BCUT2D eigenvalue weighted by Crippen LogP contribution is 2.30. The molecule has 3 rings (SSSR count). The van der Waals surface area contributed by atoms with Crippen LogP contribution in [-0.4, -0.2) is 26.9 Å². The van der Waals surface area contributed by atoms with E-state index in [-0.39, 0.29) is 0 Å². The average molecular weight is 317 g/mol. The van der Waals surface area contributed by atoms with Gasteiger partial charge >= 0.3 is 0 Å². The van der Waals surface area contributed by atoms with Crippen LogP contribution in [0.1, 0.15) is 22.6 Å². The Bertz CT molecular complexity index is 836. The van der Waals surface area contributed by atoms with Crippen molar-refractivity contribution in [2.24, 2.45) is 7.05 Å². The third kappa shape index (κ3) is 2.41. The highest BCUT2D eigenvalue weighted by atomic mass is 32.1. The van der Waals surface area contributed by atoms with E-state index < -0.39 is 0 Å². The number of thiophene rings is 1. The van der Waals surface area contributed by atoms with Crippen molar-refractivity contribution in [3.8, 4) is 5.88 Å². The number of aromatic nitrogens is 4. The van der Waals surface area contributed by atoms with Crippen LogP contribution in [0.2, 0.25) is 0 Å². The van der Waals surface area contributed by atoms with Crippen LogP contribution in [0.15, 0.2) is 5.38 Å². The molecule has 0 atom stereocenters. The van der Waals surface area contributed by atoms with Crippen molar-refractivity contribution in [1.29, 1.82) is 0 Å². The van der Waals surface area contributed by atoms with Crippen molar-refractivity contribution in [2.75, 3.05) is 12.4 Å². The summed E-state index contributed by atoms with van der Waals surface area (Å²) >= 11 is 1.65. The van der Waals surface area contributed by atoms with Gasteiger partial charge in [-0.1, -0.05) is 0 Å². The zero-order chi connectivity index (χ0) is 15.9. The fourth-order valence-electron chi connectivity index (χ4n) is 2.63. The molecule has 3 aromatic rings. The minimum atomic E-state index is 0.615. The molecule has 0 amide bonds. The number of nitrogens with one attached hydrogen (secondary N) is 1. The summed E-state index contributed by atoms with van der Waals surface area (Å²) in [5.74, 6) is 2.41. The fraction of sp³-hybridized carbons (Fsp3) is 0.400. The van der Waals surface area contributed by atoms with E-state index in [0.717, 1.165) is 39.0 Å². The summed E-state index contributed by atoms with van der Waals surface area (Å²) in [5, 5.41) is 11.0. The summed E-state index contributed by atoms with van der Waals surface area (Å²) < 4.78 is 7.19. The van der Waals surface area contributed by atoms with Crippen LogP contribution in [-0.2, 0) is 13.6 Å². The second-order valence-electron chi connectivity index (χ2n) is 5.27. The molecular formula is C15H19N5OS. The molecule has 0 aliphatic heterocycles. The van der Waals surface area contributed by atoms with Crippen molar-refractivity contribution in [3.63, 3.8) is 0 Å². The van der Waals surface area contributed by atoms with Gasteiger partial charge in [0.25, 0.3) is 0 Å². The Morgan fingerprint density at radius 3 is 2.77 bits per heavy atom. The molecule has 0 unspecified atom stereocenters. The normalized spacial score (nSPS) is 11.1. The molecule has 0 saturated heterocycles. The summed E-state index contributed by atoms with van der Waals surface area (Å²) in [6, 6.07) is 0. The summed E-state index contributed by atoms with van der Waals surface area (Å²) in [5.41, 5.74) is 3.19. The smallest absolute Gasteiger partial charge is 0.216 e. The molecule has 3 aromatic heterocycles. The maximum Gasteiger partial charge on any atom is 0.216 e. The molecule has 0 fully saturated rings. The van der Waals surface area contributed by atoms with Gasteiger partial charge in [0.15, 0.2) is 0 Å². The molecule has 0 aromatic carbocycles. The summed E-state index contributed by atoms with van der Waals surface area (Å²) in [6.07, 6.45) is 0. The SMILES string of the molecule is COc1c(CNc2nc(C)nc3scc(C)c23)c(C)nn1C. The van der Waals surface area contributed by atoms with E-state index in [1.54, 1.807) is 23.1 Å². The van der Waals surface area contributed by atoms with Gasteiger partial charge in [-0.15, -0.1) is 11.3 Å². The maximum atomic E-state index is 5.44. The third-order valence-electron chi connectivity index (χ3n) is 3.64. The number of hydrogen-bond acceptors (Lipinski definition) is 6. The first-order valence-electron chi connectivity index (χ1n) is 7.04. The first-order chi connectivity index (χ1) is 10.5. The van der Waals surface area contributed by atoms with Crippen LogP contribution < -0.4 is 10.1 Å². The van der Waals surface area contributed by atoms with Crippen molar-refractivity contribution >= 4 is 27.4 Å². The van der Waals surface area contributed by atoms with Crippen LogP contribution in [0.5, 0.6) is 5.88 Å². The van der Waals surface area contributed by atoms with Crippen LogP contribution in [0.25, 0.3) is 10.2 Å². The number of hydrogen-bond donors (Lipinski definition) is 1. The van der Waals surface area contributed by atoms with Gasteiger partial charge in [0, 0.05) is 13.6 Å². The molecule has 22 heavy (non-hydrogen) atoms. The van der Waals surface area contributed by atoms with E-state index in [1.807, 2.05) is 20.9 Å². The molecule has 0 aliphatic rings. The number of nitrogens with zero attached hydrogens (tertiary/aromatic N) is 4. The molecule has 1 N–H and O–H groups in total. The number of rotatable bonds is 4. The highest BCUT2D eigenvalue weighted by Gasteiger charge is 2.15. The van der Waals surface area contributed by atoms with Crippen molar-refractivity contribution < 1.29 is 4.74 Å². The van der Waals surface area contributed by atoms with Crippen molar-refractivity contribution in [1.82, 2.24) is 19.7 Å². The van der Waals surface area contributed by atoms with Crippen molar-refractivity contribution in [2.45, 2.75) is 27.3 Å². The van der Waals surface area contributed by atoms with E-state index in [2.05, 4.69) is 32.7 Å². The summed E-state index contributed by atoms with van der Waals surface area (Å²) in [6.45, 7) is 6.59. The molecule has 0 radical (unpaired) electrons. The Morgan fingerprint density at radius 1 is 1.27 bits per heavy atom. The predicted molar refractivity (Wildman–Crippen MR) is 88.7 cm³/mol. The maximum absolute atomic E-state index is 5.44. The average Bonchev–Trinajstić information content (AvgIpc) is 2.96. The van der Waals surface area contributed by atoms with E-state index >= 15 is 0 Å². The lowest BCUT2D eigenvalue weighted by Gasteiger charge is -2.09. The first-order valence-corrected chi connectivity index (χ1v) is 7.92. The number of anilines is 1. The van der Waals surface area contributed by atoms with Crippen LogP contribution in [0.3, 0.4) is 0 Å². The Balaban J connectivity index is 1.96. The minimum absolute atomic E-state index is 0.615. The minimum Gasteiger partial charge on any atom is -0.481 e. The number of methoxy groups -OCH3 is 1. The predicted octanol–water partition coefficient (Wildman–Crippen LogP) is 2.97. The van der Waals surface area contributed by atoms with Crippen LogP contribution in [0.4, 0.5) is 5.82 Å². The van der Waals surface area contributed by atoms with Gasteiger partial charge in [0.2, 0.25) is 5.88 Å². The van der Waals surface area contributed by atoms with Gasteiger partial charge in [0.05, 0.1) is 23.8 Å². The summed E-state index contributed by atoms with van der Waals surface area (Å²) in [7, 11) is 3.54. The van der Waals surface area contributed by atoms with Gasteiger partial charge in [-0.25, -0.2) is 14.6 Å². The van der Waals surface area contributed by atoms with Gasteiger partial charge in [0.1, 0.15) is 16.5 Å². The molecule has 0 bridgehead atoms. The van der Waals surface area contributed by atoms with Crippen LogP contribution >= 0.6 is 11.3 Å². The lowest BCUT2D eigenvalue weighted by molar-refractivity contribution is 0.370. The number of ether oxygens (including phenoxy) is 1. The molecule has 0 spiro atoms. The lowest BCUT2D eigenvalue weighted by atomic mass is 10.2. The largest absolute Gasteiger partial charge is 0.481 e. The molecule has 0 saturated carbocycles. The molecule has 116 valence electrons. The highest BCUT2D eigenvalue weighted by molar-refractivity contribution is 7.17. The number of aryl methyl sites for hydroxylation is 4. The third-order valence-corrected chi connectivity index (χ3v) is 4.63. The van der Waals surface area contributed by atoms with E-state index in [1.165, 1.54) is 5.56 Å². The Kier molecular flexibility index (Phi) is 3.74. The quantitative estimate of drug-likeness (QED) is 0.801. The lowest BCUT2D eigenvalue weighted by Crippen LogP contribution is -2.06. The fourth-order valence-corrected chi connectivity index (χ4v) is 3.60. The van der Waals surface area contributed by atoms with Crippen LogP contribution in [0, 0.1) is 20.8 Å². The molecular weight excluding hydrogens is 298 g/mol. The van der Waals surface area contributed by atoms with Gasteiger partial charge in [-0.3, -0.25) is 0 Å². The topological polar surface area (TPSA) is 64.9 Å². The van der Waals surface area contributed by atoms with Gasteiger partial charge < -0.3 is 10.1 Å².